The fraction of sp³-hybridized carbons (Fsp3) is 0.136. The first kappa shape index (κ1) is 17.7. The summed E-state index contributed by atoms with van der Waals surface area (Å²) in [6.07, 6.45) is 8.00. The zero-order chi connectivity index (χ0) is 19.2. The van der Waals surface area contributed by atoms with E-state index < -0.39 is 0 Å². The van der Waals surface area contributed by atoms with Crippen LogP contribution in [0.2, 0.25) is 0 Å². The van der Waals surface area contributed by atoms with Crippen LogP contribution in [0.15, 0.2) is 73.3 Å². The minimum absolute atomic E-state index is 0.197. The van der Waals surface area contributed by atoms with Gasteiger partial charge >= 0.3 is 0 Å². The second-order valence-electron chi connectivity index (χ2n) is 6.50. The predicted molar refractivity (Wildman–Crippen MR) is 110 cm³/mol. The fourth-order valence-corrected chi connectivity index (χ4v) is 3.12. The first-order valence-corrected chi connectivity index (χ1v) is 9.21. The summed E-state index contributed by atoms with van der Waals surface area (Å²) in [4.78, 5) is 23.8. The van der Waals surface area contributed by atoms with Gasteiger partial charge in [0.1, 0.15) is 5.69 Å². The molecule has 0 spiro atoms. The van der Waals surface area contributed by atoms with Crippen LogP contribution in [0.25, 0.3) is 10.9 Å². The maximum atomic E-state index is 12.4. The van der Waals surface area contributed by atoms with Gasteiger partial charge in [-0.1, -0.05) is 18.2 Å². The molecule has 0 unspecified atom stereocenters. The highest BCUT2D eigenvalue weighted by Gasteiger charge is 2.08. The third kappa shape index (κ3) is 4.17. The van der Waals surface area contributed by atoms with Crippen molar-refractivity contribution in [2.75, 3.05) is 11.9 Å². The standard InChI is InChI=1S/C22H21N5O/c28-22(27-14-16-5-9-23-10-6-16)21-13-18(8-12-25-21)24-11-7-17-15-26-20-4-2-1-3-19(17)20/h1-6,8-10,12-13,15,26H,7,11,14H2,(H,24,25)(H,27,28). The lowest BCUT2D eigenvalue weighted by atomic mass is 10.1. The van der Waals surface area contributed by atoms with Gasteiger partial charge in [-0.05, 0) is 47.9 Å². The van der Waals surface area contributed by atoms with Crippen molar-refractivity contribution in [1.82, 2.24) is 20.3 Å². The monoisotopic (exact) mass is 371 g/mol. The SMILES string of the molecule is O=C(NCc1ccncc1)c1cc(NCCc2c[nH]c3ccccc23)ccn1. The van der Waals surface area contributed by atoms with Crippen LogP contribution >= 0.6 is 0 Å². The van der Waals surface area contributed by atoms with Gasteiger partial charge in [0.25, 0.3) is 5.91 Å². The minimum Gasteiger partial charge on any atom is -0.385 e. The number of pyridine rings is 2. The minimum atomic E-state index is -0.197. The number of nitrogens with zero attached hydrogens (tertiary/aromatic N) is 2. The Labute approximate surface area is 163 Å². The van der Waals surface area contributed by atoms with E-state index in [2.05, 4.69) is 43.9 Å². The van der Waals surface area contributed by atoms with E-state index in [1.165, 1.54) is 10.9 Å². The van der Waals surface area contributed by atoms with Crippen molar-refractivity contribution in [2.24, 2.45) is 0 Å². The highest BCUT2D eigenvalue weighted by molar-refractivity contribution is 5.93. The average molecular weight is 371 g/mol. The van der Waals surface area contributed by atoms with Crippen LogP contribution in [-0.2, 0) is 13.0 Å². The Morgan fingerprint density at radius 1 is 1.04 bits per heavy atom. The maximum Gasteiger partial charge on any atom is 0.270 e. The van der Waals surface area contributed by atoms with E-state index in [0.717, 1.165) is 29.7 Å². The quantitative estimate of drug-likeness (QED) is 0.464. The van der Waals surface area contributed by atoms with E-state index in [-0.39, 0.29) is 5.91 Å². The molecule has 140 valence electrons. The number of aromatic amines is 1. The summed E-state index contributed by atoms with van der Waals surface area (Å²) >= 11 is 0. The van der Waals surface area contributed by atoms with Crippen molar-refractivity contribution in [3.8, 4) is 0 Å². The third-order valence-corrected chi connectivity index (χ3v) is 4.59. The van der Waals surface area contributed by atoms with Crippen LogP contribution in [0.5, 0.6) is 0 Å². The van der Waals surface area contributed by atoms with Crippen LogP contribution < -0.4 is 10.6 Å². The molecule has 0 aliphatic rings. The topological polar surface area (TPSA) is 82.7 Å². The molecule has 1 amide bonds. The van der Waals surface area contributed by atoms with Gasteiger partial charge in [-0.25, -0.2) is 0 Å². The van der Waals surface area contributed by atoms with Crippen LogP contribution in [0.3, 0.4) is 0 Å². The lowest BCUT2D eigenvalue weighted by molar-refractivity contribution is 0.0946. The van der Waals surface area contributed by atoms with Gasteiger partial charge in [0, 0.05) is 54.5 Å². The van der Waals surface area contributed by atoms with Crippen LogP contribution in [-0.4, -0.2) is 27.4 Å². The molecule has 4 rings (SSSR count). The number of aromatic nitrogens is 3. The summed E-state index contributed by atoms with van der Waals surface area (Å²) in [6, 6.07) is 15.7. The molecule has 0 radical (unpaired) electrons. The number of carbonyl (C=O) groups excluding carboxylic acids is 1. The Morgan fingerprint density at radius 3 is 2.79 bits per heavy atom. The number of benzene rings is 1. The van der Waals surface area contributed by atoms with Crippen molar-refractivity contribution < 1.29 is 4.79 Å². The Morgan fingerprint density at radius 2 is 1.89 bits per heavy atom. The maximum absolute atomic E-state index is 12.4. The number of hydrogen-bond donors (Lipinski definition) is 3. The number of nitrogens with one attached hydrogen (secondary N) is 3. The first-order valence-electron chi connectivity index (χ1n) is 9.21. The van der Waals surface area contributed by atoms with Gasteiger partial charge in [0.2, 0.25) is 0 Å². The van der Waals surface area contributed by atoms with Gasteiger partial charge in [-0.2, -0.15) is 0 Å². The molecule has 6 heteroatoms. The van der Waals surface area contributed by atoms with Crippen molar-refractivity contribution in [2.45, 2.75) is 13.0 Å². The average Bonchev–Trinajstić information content (AvgIpc) is 3.16. The third-order valence-electron chi connectivity index (χ3n) is 4.59. The zero-order valence-electron chi connectivity index (χ0n) is 15.4. The molecular formula is C22H21N5O. The van der Waals surface area contributed by atoms with Gasteiger partial charge in [-0.3, -0.25) is 14.8 Å². The molecule has 0 atom stereocenters. The first-order chi connectivity index (χ1) is 13.8. The fourth-order valence-electron chi connectivity index (χ4n) is 3.12. The van der Waals surface area contributed by atoms with E-state index >= 15 is 0 Å². The lowest BCUT2D eigenvalue weighted by Crippen LogP contribution is -2.23. The van der Waals surface area contributed by atoms with Gasteiger partial charge in [-0.15, -0.1) is 0 Å². The van der Waals surface area contributed by atoms with E-state index in [1.54, 1.807) is 24.7 Å². The number of anilines is 1. The molecule has 3 N–H and O–H groups in total. The second kappa shape index (κ2) is 8.35. The second-order valence-corrected chi connectivity index (χ2v) is 6.50. The number of fused-ring (bicyclic) bond motifs is 1. The van der Waals surface area contributed by atoms with Crippen LogP contribution in [0, 0.1) is 0 Å². The number of para-hydroxylation sites is 1. The van der Waals surface area contributed by atoms with Crippen molar-refractivity contribution in [3.63, 3.8) is 0 Å². The van der Waals surface area contributed by atoms with Gasteiger partial charge in [0.15, 0.2) is 0 Å². The summed E-state index contributed by atoms with van der Waals surface area (Å²) in [5.41, 5.74) is 4.69. The number of rotatable bonds is 7. The molecule has 3 aromatic heterocycles. The molecule has 0 saturated carbocycles. The lowest BCUT2D eigenvalue weighted by Gasteiger charge is -2.08. The summed E-state index contributed by atoms with van der Waals surface area (Å²) in [6.45, 7) is 1.21. The van der Waals surface area contributed by atoms with Crippen LogP contribution in [0.1, 0.15) is 21.6 Å². The van der Waals surface area contributed by atoms with E-state index in [4.69, 9.17) is 0 Å². The Hall–Kier alpha value is -3.67. The van der Waals surface area contributed by atoms with E-state index in [0.29, 0.717) is 12.2 Å². The zero-order valence-corrected chi connectivity index (χ0v) is 15.4. The summed E-state index contributed by atoms with van der Waals surface area (Å²) in [7, 11) is 0. The summed E-state index contributed by atoms with van der Waals surface area (Å²) in [5.74, 6) is -0.197. The molecule has 28 heavy (non-hydrogen) atoms. The van der Waals surface area contributed by atoms with Crippen molar-refractivity contribution in [1.29, 1.82) is 0 Å². The molecule has 3 heterocycles. The molecule has 0 bridgehead atoms. The molecular weight excluding hydrogens is 350 g/mol. The Bertz CT molecular complexity index is 1070. The summed E-state index contributed by atoms with van der Waals surface area (Å²) in [5, 5.41) is 7.50. The van der Waals surface area contributed by atoms with Gasteiger partial charge < -0.3 is 15.6 Å². The highest BCUT2D eigenvalue weighted by Crippen LogP contribution is 2.18. The normalized spacial score (nSPS) is 10.7. The number of carbonyl (C=O) groups is 1. The molecule has 1 aromatic carbocycles. The van der Waals surface area contributed by atoms with Crippen molar-refractivity contribution >= 4 is 22.5 Å². The van der Waals surface area contributed by atoms with E-state index in [1.807, 2.05) is 30.3 Å². The predicted octanol–water partition coefficient (Wildman–Crippen LogP) is 3.54. The van der Waals surface area contributed by atoms with Crippen molar-refractivity contribution in [3.05, 3.63) is 90.1 Å². The number of H-pyrrole nitrogens is 1. The molecule has 0 aliphatic carbocycles. The molecule has 0 aliphatic heterocycles. The number of hydrogen-bond acceptors (Lipinski definition) is 4. The van der Waals surface area contributed by atoms with Gasteiger partial charge in [0.05, 0.1) is 0 Å². The largest absolute Gasteiger partial charge is 0.385 e. The molecule has 4 aromatic rings. The van der Waals surface area contributed by atoms with Crippen LogP contribution in [0.4, 0.5) is 5.69 Å². The number of amides is 1. The summed E-state index contributed by atoms with van der Waals surface area (Å²) < 4.78 is 0. The Balaban J connectivity index is 1.33. The molecule has 6 nitrogen and oxygen atoms in total. The van der Waals surface area contributed by atoms with E-state index in [9.17, 15) is 4.79 Å². The highest BCUT2D eigenvalue weighted by atomic mass is 16.1. The molecule has 0 fully saturated rings. The molecule has 0 saturated heterocycles. The smallest absolute Gasteiger partial charge is 0.270 e. The Kier molecular flexibility index (Phi) is 5.29.